The summed E-state index contributed by atoms with van der Waals surface area (Å²) in [5.74, 6) is 0. The van der Waals surface area contributed by atoms with E-state index in [-0.39, 0.29) is 0 Å². The third kappa shape index (κ3) is 3.76. The number of halogens is 2. The molecule has 0 saturated carbocycles. The molecule has 1 atom stereocenters. The first-order valence-electron chi connectivity index (χ1n) is 6.90. The second-order valence-corrected chi connectivity index (χ2v) is 5.79. The number of rotatable bonds is 5. The highest BCUT2D eigenvalue weighted by atomic mass is 35.5. The SMILES string of the molecule is CCCNC(C)c1ccccc1-c1cc(Cl)cc(Cl)c1. The van der Waals surface area contributed by atoms with Crippen molar-refractivity contribution in [1.82, 2.24) is 5.32 Å². The molecular weight excluding hydrogens is 289 g/mol. The van der Waals surface area contributed by atoms with Crippen LogP contribution in [0.3, 0.4) is 0 Å². The molecule has 0 amide bonds. The van der Waals surface area contributed by atoms with E-state index >= 15 is 0 Å². The number of hydrogen-bond acceptors (Lipinski definition) is 1. The summed E-state index contributed by atoms with van der Waals surface area (Å²) >= 11 is 12.2. The smallest absolute Gasteiger partial charge is 0.0426 e. The predicted molar refractivity (Wildman–Crippen MR) is 88.6 cm³/mol. The predicted octanol–water partition coefficient (Wildman–Crippen LogP) is 5.72. The lowest BCUT2D eigenvalue weighted by molar-refractivity contribution is 0.572. The summed E-state index contributed by atoms with van der Waals surface area (Å²) in [6.45, 7) is 5.36. The summed E-state index contributed by atoms with van der Waals surface area (Å²) in [6, 6.07) is 14.3. The lowest BCUT2D eigenvalue weighted by Crippen LogP contribution is -2.19. The van der Waals surface area contributed by atoms with Crippen LogP contribution < -0.4 is 5.32 Å². The van der Waals surface area contributed by atoms with E-state index in [1.54, 1.807) is 6.07 Å². The number of benzene rings is 2. The van der Waals surface area contributed by atoms with E-state index in [0.717, 1.165) is 18.5 Å². The molecule has 20 heavy (non-hydrogen) atoms. The van der Waals surface area contributed by atoms with Gasteiger partial charge in [0.25, 0.3) is 0 Å². The van der Waals surface area contributed by atoms with Crippen LogP contribution in [0.5, 0.6) is 0 Å². The van der Waals surface area contributed by atoms with Crippen molar-refractivity contribution in [1.29, 1.82) is 0 Å². The Labute approximate surface area is 130 Å². The topological polar surface area (TPSA) is 12.0 Å². The Balaban J connectivity index is 2.41. The lowest BCUT2D eigenvalue weighted by atomic mass is 9.95. The van der Waals surface area contributed by atoms with Crippen molar-refractivity contribution < 1.29 is 0 Å². The Hall–Kier alpha value is -1.02. The molecule has 1 nitrogen and oxygen atoms in total. The zero-order chi connectivity index (χ0) is 14.5. The van der Waals surface area contributed by atoms with E-state index in [9.17, 15) is 0 Å². The van der Waals surface area contributed by atoms with Gasteiger partial charge in [-0.05, 0) is 54.8 Å². The molecule has 0 bridgehead atoms. The molecule has 3 heteroatoms. The van der Waals surface area contributed by atoms with E-state index in [2.05, 4.69) is 37.4 Å². The van der Waals surface area contributed by atoms with Crippen LogP contribution in [-0.2, 0) is 0 Å². The molecule has 0 saturated heterocycles. The highest BCUT2D eigenvalue weighted by Crippen LogP contribution is 2.32. The van der Waals surface area contributed by atoms with Crippen molar-refractivity contribution in [3.05, 3.63) is 58.1 Å². The van der Waals surface area contributed by atoms with Gasteiger partial charge >= 0.3 is 0 Å². The monoisotopic (exact) mass is 307 g/mol. The highest BCUT2D eigenvalue weighted by Gasteiger charge is 2.11. The molecule has 0 aliphatic rings. The fraction of sp³-hybridized carbons (Fsp3) is 0.294. The molecule has 2 aromatic carbocycles. The van der Waals surface area contributed by atoms with Gasteiger partial charge in [0.15, 0.2) is 0 Å². The zero-order valence-corrected chi connectivity index (χ0v) is 13.3. The molecule has 0 heterocycles. The molecule has 0 aliphatic carbocycles. The third-order valence-electron chi connectivity index (χ3n) is 3.30. The van der Waals surface area contributed by atoms with Gasteiger partial charge in [-0.2, -0.15) is 0 Å². The van der Waals surface area contributed by atoms with E-state index < -0.39 is 0 Å². The lowest BCUT2D eigenvalue weighted by Gasteiger charge is -2.18. The van der Waals surface area contributed by atoms with Gasteiger partial charge in [0.1, 0.15) is 0 Å². The second kappa shape index (κ2) is 7.12. The summed E-state index contributed by atoms with van der Waals surface area (Å²) in [6.07, 6.45) is 1.12. The molecule has 0 aromatic heterocycles. The summed E-state index contributed by atoms with van der Waals surface area (Å²) in [5, 5.41) is 4.85. The quantitative estimate of drug-likeness (QED) is 0.744. The van der Waals surface area contributed by atoms with Gasteiger partial charge in [-0.15, -0.1) is 0 Å². The molecule has 1 N–H and O–H groups in total. The Morgan fingerprint density at radius 1 is 1.05 bits per heavy atom. The van der Waals surface area contributed by atoms with Crippen molar-refractivity contribution in [2.75, 3.05) is 6.54 Å². The Morgan fingerprint density at radius 2 is 1.70 bits per heavy atom. The largest absolute Gasteiger partial charge is 0.310 e. The second-order valence-electron chi connectivity index (χ2n) is 4.92. The normalized spacial score (nSPS) is 12.4. The van der Waals surface area contributed by atoms with Crippen molar-refractivity contribution in [2.24, 2.45) is 0 Å². The van der Waals surface area contributed by atoms with E-state index in [1.807, 2.05) is 18.2 Å². The molecule has 1 unspecified atom stereocenters. The zero-order valence-electron chi connectivity index (χ0n) is 11.8. The van der Waals surface area contributed by atoms with Gasteiger partial charge in [0.05, 0.1) is 0 Å². The van der Waals surface area contributed by atoms with Crippen molar-refractivity contribution in [2.45, 2.75) is 26.3 Å². The van der Waals surface area contributed by atoms with Gasteiger partial charge in [-0.3, -0.25) is 0 Å². The first-order valence-corrected chi connectivity index (χ1v) is 7.66. The maximum absolute atomic E-state index is 6.12. The standard InChI is InChI=1S/C17H19Cl2N/c1-3-8-20-12(2)16-6-4-5-7-17(16)13-9-14(18)11-15(19)10-13/h4-7,9-12,20H,3,8H2,1-2H3. The van der Waals surface area contributed by atoms with E-state index in [1.165, 1.54) is 11.1 Å². The van der Waals surface area contributed by atoms with Crippen LogP contribution in [0.4, 0.5) is 0 Å². The summed E-state index contributed by atoms with van der Waals surface area (Å²) in [5.41, 5.74) is 3.50. The Morgan fingerprint density at radius 3 is 2.35 bits per heavy atom. The average molecular weight is 308 g/mol. The Kier molecular flexibility index (Phi) is 5.47. The molecule has 0 aliphatic heterocycles. The van der Waals surface area contributed by atoms with Crippen LogP contribution in [0.15, 0.2) is 42.5 Å². The highest BCUT2D eigenvalue weighted by molar-refractivity contribution is 6.35. The van der Waals surface area contributed by atoms with E-state index in [4.69, 9.17) is 23.2 Å². The number of hydrogen-bond donors (Lipinski definition) is 1. The molecule has 0 spiro atoms. The van der Waals surface area contributed by atoms with E-state index in [0.29, 0.717) is 16.1 Å². The van der Waals surface area contributed by atoms with Crippen LogP contribution in [0.25, 0.3) is 11.1 Å². The van der Waals surface area contributed by atoms with Gasteiger partial charge in [0.2, 0.25) is 0 Å². The van der Waals surface area contributed by atoms with Crippen LogP contribution in [-0.4, -0.2) is 6.54 Å². The van der Waals surface area contributed by atoms with Gasteiger partial charge in [0, 0.05) is 16.1 Å². The van der Waals surface area contributed by atoms with Gasteiger partial charge in [-0.1, -0.05) is 54.4 Å². The summed E-state index contributed by atoms with van der Waals surface area (Å²) in [4.78, 5) is 0. The van der Waals surface area contributed by atoms with Crippen LogP contribution in [0.2, 0.25) is 10.0 Å². The average Bonchev–Trinajstić information content (AvgIpc) is 2.43. The third-order valence-corrected chi connectivity index (χ3v) is 3.74. The summed E-state index contributed by atoms with van der Waals surface area (Å²) in [7, 11) is 0. The Bertz CT molecular complexity index is 561. The van der Waals surface area contributed by atoms with Crippen LogP contribution in [0.1, 0.15) is 31.9 Å². The molecule has 2 aromatic rings. The first kappa shape index (κ1) is 15.4. The minimum Gasteiger partial charge on any atom is -0.310 e. The molecule has 0 fully saturated rings. The van der Waals surface area contributed by atoms with Crippen molar-refractivity contribution >= 4 is 23.2 Å². The minimum atomic E-state index is 0.295. The first-order chi connectivity index (χ1) is 9.61. The van der Waals surface area contributed by atoms with Gasteiger partial charge in [-0.25, -0.2) is 0 Å². The van der Waals surface area contributed by atoms with Crippen LogP contribution >= 0.6 is 23.2 Å². The maximum Gasteiger partial charge on any atom is 0.0426 e. The minimum absolute atomic E-state index is 0.295. The van der Waals surface area contributed by atoms with Crippen molar-refractivity contribution in [3.8, 4) is 11.1 Å². The molecule has 2 rings (SSSR count). The molecule has 106 valence electrons. The molecule has 0 radical (unpaired) electrons. The molecular formula is C17H19Cl2N. The van der Waals surface area contributed by atoms with Crippen molar-refractivity contribution in [3.63, 3.8) is 0 Å². The van der Waals surface area contributed by atoms with Gasteiger partial charge < -0.3 is 5.32 Å². The van der Waals surface area contributed by atoms with Crippen LogP contribution in [0, 0.1) is 0 Å². The fourth-order valence-electron chi connectivity index (χ4n) is 2.32. The number of nitrogens with one attached hydrogen (secondary N) is 1. The summed E-state index contributed by atoms with van der Waals surface area (Å²) < 4.78 is 0. The fourth-order valence-corrected chi connectivity index (χ4v) is 2.84. The maximum atomic E-state index is 6.12.